The summed E-state index contributed by atoms with van der Waals surface area (Å²) in [5.74, 6) is -0.166. The first-order valence-corrected chi connectivity index (χ1v) is 14.3. The van der Waals surface area contributed by atoms with Crippen LogP contribution in [0.25, 0.3) is 0 Å². The molecule has 15 heteroatoms. The van der Waals surface area contributed by atoms with Crippen LogP contribution in [0.1, 0.15) is 25.0 Å². The van der Waals surface area contributed by atoms with E-state index in [-0.39, 0.29) is 28.5 Å². The molecule has 5 rings (SSSR count). The lowest BCUT2D eigenvalue weighted by Gasteiger charge is -2.43. The van der Waals surface area contributed by atoms with E-state index >= 15 is 0 Å². The largest absolute Gasteiger partial charge is 0.459 e. The number of aromatic nitrogens is 2. The van der Waals surface area contributed by atoms with E-state index in [0.29, 0.717) is 11.5 Å². The number of rotatable bonds is 7. The summed E-state index contributed by atoms with van der Waals surface area (Å²) < 4.78 is 34.5. The summed E-state index contributed by atoms with van der Waals surface area (Å²) in [6, 6.07) is 10.6. The van der Waals surface area contributed by atoms with Crippen molar-refractivity contribution in [2.75, 3.05) is 5.32 Å². The van der Waals surface area contributed by atoms with E-state index in [4.69, 9.17) is 9.29 Å². The minimum atomic E-state index is -4.02. The molecule has 2 saturated heterocycles. The first-order chi connectivity index (χ1) is 18.8. The lowest BCUT2D eigenvalue weighted by Crippen LogP contribution is -2.68. The maximum absolute atomic E-state index is 12.8. The maximum atomic E-state index is 12.8. The third kappa shape index (κ3) is 6.26. The molecule has 2 unspecified atom stereocenters. The molecule has 3 N–H and O–H groups in total. The number of hydrogen-bond acceptors (Lipinski definition) is 10. The van der Waals surface area contributed by atoms with Crippen LogP contribution in [0.3, 0.4) is 0 Å². The number of nitrogens with zero attached hydrogens (tertiary/aromatic N) is 3. The van der Waals surface area contributed by atoms with Crippen LogP contribution in [0.2, 0.25) is 0 Å². The number of imidazole rings is 1. The van der Waals surface area contributed by atoms with Crippen LogP contribution >= 0.6 is 11.8 Å². The molecule has 0 saturated carbocycles. The van der Waals surface area contributed by atoms with Gasteiger partial charge in [0.25, 0.3) is 15.8 Å². The molecular weight excluding hydrogens is 562 g/mol. The zero-order valence-electron chi connectivity index (χ0n) is 21.7. The van der Waals surface area contributed by atoms with E-state index in [0.717, 1.165) is 5.56 Å². The fraction of sp³-hybridized carbons (Fsp3) is 0.320. The summed E-state index contributed by atoms with van der Waals surface area (Å²) >= 11 is 1.54. The number of ether oxygens (including phenoxy) is 1. The average Bonchev–Trinajstić information content (AvgIpc) is 3.50. The summed E-state index contributed by atoms with van der Waals surface area (Å²) in [6.45, 7) is 5.64. The molecule has 0 aliphatic carbocycles. The van der Waals surface area contributed by atoms with Crippen LogP contribution in [-0.2, 0) is 31.1 Å². The predicted molar refractivity (Wildman–Crippen MR) is 146 cm³/mol. The Bertz CT molecular complexity index is 1490. The second kappa shape index (κ2) is 11.3. The molecule has 3 heterocycles. The van der Waals surface area contributed by atoms with Crippen molar-refractivity contribution in [3.05, 3.63) is 82.2 Å². The quantitative estimate of drug-likeness (QED) is 0.121. The van der Waals surface area contributed by atoms with Gasteiger partial charge in [0.15, 0.2) is 0 Å². The molecule has 2 aromatic carbocycles. The van der Waals surface area contributed by atoms with Crippen LogP contribution in [0.15, 0.2) is 65.8 Å². The van der Waals surface area contributed by atoms with Crippen molar-refractivity contribution >= 4 is 45.4 Å². The number of nitro benzene ring substituents is 1. The molecule has 3 aromatic rings. The highest BCUT2D eigenvalue weighted by molar-refractivity contribution is 8.01. The van der Waals surface area contributed by atoms with Gasteiger partial charge in [0.05, 0.1) is 9.82 Å². The highest BCUT2D eigenvalue weighted by atomic mass is 32.2. The number of carbonyl (C=O) groups is 2. The Morgan fingerprint density at radius 2 is 1.88 bits per heavy atom. The Labute approximate surface area is 234 Å². The molecule has 2 aliphatic heterocycles. The van der Waals surface area contributed by atoms with E-state index in [2.05, 4.69) is 15.3 Å². The summed E-state index contributed by atoms with van der Waals surface area (Å²) in [4.78, 5) is 44.2. The number of nitrogens with one attached hydrogen (secondary N) is 2. The number of non-ortho nitro benzene ring substituents is 1. The lowest BCUT2D eigenvalue weighted by atomic mass is 9.96. The molecule has 13 nitrogen and oxygen atoms in total. The van der Waals surface area contributed by atoms with Crippen molar-refractivity contribution in [1.29, 1.82) is 0 Å². The van der Waals surface area contributed by atoms with E-state index < -0.39 is 37.8 Å². The second-order valence-electron chi connectivity index (χ2n) is 9.64. The standard InChI is InChI=1S/C18H19N5O5S.C7H8O3S/c1-18(2)13(16(25)28-9-10-3-5-11(6-4-10)23(26)27)22-14(24)12(15(22)29-18)21-17-19-7-8-20-17;1-6-2-4-7(5-3-6)11(8,9)10/h3-8,12-13,15H,9H2,1-2H3,(H2,19,20,21);2-5H,1H3,(H,8,9,10)/t12?,13?,15-;/m0./s1. The Kier molecular flexibility index (Phi) is 8.18. The number of amides is 1. The number of anilines is 1. The molecule has 2 aliphatic rings. The number of fused-ring (bicyclic) bond motifs is 1. The van der Waals surface area contributed by atoms with Gasteiger partial charge in [0.1, 0.15) is 24.1 Å². The van der Waals surface area contributed by atoms with Crippen molar-refractivity contribution in [2.24, 2.45) is 0 Å². The lowest BCUT2D eigenvalue weighted by molar-refractivity contribution is -0.384. The third-order valence-electron chi connectivity index (χ3n) is 6.30. The Morgan fingerprint density at radius 3 is 2.42 bits per heavy atom. The Hall–Kier alpha value is -3.95. The number of hydrogen-bond donors (Lipinski definition) is 3. The van der Waals surface area contributed by atoms with Gasteiger partial charge in [-0.1, -0.05) is 17.7 Å². The van der Waals surface area contributed by atoms with Gasteiger partial charge in [-0.25, -0.2) is 9.78 Å². The monoisotopic (exact) mass is 589 g/mol. The van der Waals surface area contributed by atoms with Crippen LogP contribution in [0, 0.1) is 17.0 Å². The minimum Gasteiger partial charge on any atom is -0.459 e. The van der Waals surface area contributed by atoms with Crippen molar-refractivity contribution in [1.82, 2.24) is 14.9 Å². The Balaban J connectivity index is 0.000000283. The molecule has 40 heavy (non-hydrogen) atoms. The SMILES string of the molecule is CC1(C)S[C@H]2C(Nc3ncc[nH]3)C(=O)N2C1C(=O)OCc1ccc([N+](=O)[O-])cc1.Cc1ccc(S(=O)(=O)O)cc1. The second-order valence-corrected chi connectivity index (χ2v) is 12.8. The van der Waals surface area contributed by atoms with Gasteiger partial charge in [-0.2, -0.15) is 8.42 Å². The topological polar surface area (TPSA) is 185 Å². The van der Waals surface area contributed by atoms with Crippen LogP contribution in [0.4, 0.5) is 11.6 Å². The third-order valence-corrected chi connectivity index (χ3v) is 8.74. The van der Waals surface area contributed by atoms with E-state index in [1.807, 2.05) is 20.8 Å². The zero-order chi connectivity index (χ0) is 29.2. The first-order valence-electron chi connectivity index (χ1n) is 12.0. The normalized spacial score (nSPS) is 20.9. The van der Waals surface area contributed by atoms with Gasteiger partial charge in [-0.3, -0.25) is 19.5 Å². The molecule has 1 amide bonds. The van der Waals surface area contributed by atoms with Crippen LogP contribution in [0.5, 0.6) is 0 Å². The molecule has 1 aromatic heterocycles. The number of benzene rings is 2. The number of H-pyrrole nitrogens is 1. The molecular formula is C25H27N5O8S2. The minimum absolute atomic E-state index is 0.0190. The van der Waals surface area contributed by atoms with Gasteiger partial charge in [-0.15, -0.1) is 11.8 Å². The molecule has 2 fully saturated rings. The number of thioether (sulfide) groups is 1. The summed E-state index contributed by atoms with van der Waals surface area (Å²) in [5.41, 5.74) is 1.56. The number of esters is 1. The van der Waals surface area contributed by atoms with Crippen molar-refractivity contribution in [2.45, 2.75) is 54.5 Å². The van der Waals surface area contributed by atoms with E-state index in [1.165, 1.54) is 36.0 Å². The summed E-state index contributed by atoms with van der Waals surface area (Å²) in [6.07, 6.45) is 3.25. The van der Waals surface area contributed by atoms with Crippen LogP contribution in [-0.4, -0.2) is 66.8 Å². The fourth-order valence-corrected chi connectivity index (χ4v) is 6.38. The maximum Gasteiger partial charge on any atom is 0.330 e. The number of carbonyl (C=O) groups excluding carboxylic acids is 2. The zero-order valence-corrected chi connectivity index (χ0v) is 23.3. The van der Waals surface area contributed by atoms with Crippen molar-refractivity contribution in [3.63, 3.8) is 0 Å². The summed E-state index contributed by atoms with van der Waals surface area (Å²) in [7, 11) is -4.02. The number of aromatic amines is 1. The number of nitro groups is 1. The molecule has 0 spiro atoms. The first kappa shape index (κ1) is 29.0. The van der Waals surface area contributed by atoms with Gasteiger partial charge in [0.2, 0.25) is 11.9 Å². The highest BCUT2D eigenvalue weighted by Crippen LogP contribution is 2.51. The van der Waals surface area contributed by atoms with E-state index in [9.17, 15) is 28.1 Å². The number of β-lactam (4-membered cyclic amide) rings is 1. The number of aryl methyl sites for hydroxylation is 1. The summed E-state index contributed by atoms with van der Waals surface area (Å²) in [5, 5.41) is 13.6. The Morgan fingerprint density at radius 1 is 1.23 bits per heavy atom. The highest BCUT2D eigenvalue weighted by Gasteiger charge is 2.64. The van der Waals surface area contributed by atoms with Crippen LogP contribution < -0.4 is 5.32 Å². The molecule has 0 radical (unpaired) electrons. The van der Waals surface area contributed by atoms with Crippen molar-refractivity contribution < 1.29 is 32.2 Å². The smallest absolute Gasteiger partial charge is 0.330 e. The van der Waals surface area contributed by atoms with Gasteiger partial charge >= 0.3 is 5.97 Å². The van der Waals surface area contributed by atoms with Gasteiger partial charge < -0.3 is 19.9 Å². The molecule has 212 valence electrons. The molecule has 3 atom stereocenters. The van der Waals surface area contributed by atoms with E-state index in [1.54, 1.807) is 41.6 Å². The van der Waals surface area contributed by atoms with Gasteiger partial charge in [0, 0.05) is 29.3 Å². The van der Waals surface area contributed by atoms with Gasteiger partial charge in [-0.05, 0) is 50.6 Å². The predicted octanol–water partition coefficient (Wildman–Crippen LogP) is 3.15. The average molecular weight is 590 g/mol. The fourth-order valence-electron chi connectivity index (χ4n) is 4.28. The molecule has 0 bridgehead atoms. The van der Waals surface area contributed by atoms with Crippen molar-refractivity contribution in [3.8, 4) is 0 Å².